The molecule has 1 aliphatic heterocycles. The van der Waals surface area contributed by atoms with Crippen molar-refractivity contribution in [2.75, 3.05) is 6.54 Å². The minimum atomic E-state index is -0.741. The molecule has 0 spiro atoms. The SMILES string of the molecule is CC(C)(C)c1ccc2c(c1)CCC1N(C(=O)C3CCC(C(=O)O)CC3)CCC21Cc1cccc(F)c1. The number of nitrogens with zero attached hydrogens (tertiary/aromatic N) is 1. The highest BCUT2D eigenvalue weighted by molar-refractivity contribution is 5.80. The van der Waals surface area contributed by atoms with Gasteiger partial charge in [-0.2, -0.15) is 0 Å². The van der Waals surface area contributed by atoms with Crippen LogP contribution in [0.4, 0.5) is 4.39 Å². The normalized spacial score (nSPS) is 27.9. The number of hydrogen-bond acceptors (Lipinski definition) is 2. The molecular formula is C31H38FNO3. The van der Waals surface area contributed by atoms with Crippen LogP contribution in [0.5, 0.6) is 0 Å². The average Bonchev–Trinajstić information content (AvgIpc) is 3.22. The summed E-state index contributed by atoms with van der Waals surface area (Å²) in [7, 11) is 0. The van der Waals surface area contributed by atoms with E-state index in [1.165, 1.54) is 22.8 Å². The molecule has 1 N–H and O–H groups in total. The number of amides is 1. The minimum Gasteiger partial charge on any atom is -0.481 e. The van der Waals surface area contributed by atoms with Crippen molar-refractivity contribution in [1.29, 1.82) is 0 Å². The van der Waals surface area contributed by atoms with Crippen LogP contribution in [-0.2, 0) is 33.3 Å². The predicted octanol–water partition coefficient (Wildman–Crippen LogP) is 6.04. The molecule has 2 aromatic carbocycles. The van der Waals surface area contributed by atoms with Gasteiger partial charge in [0.25, 0.3) is 0 Å². The van der Waals surface area contributed by atoms with Gasteiger partial charge in [0.05, 0.1) is 5.92 Å². The summed E-state index contributed by atoms with van der Waals surface area (Å²) < 4.78 is 14.2. The van der Waals surface area contributed by atoms with Crippen molar-refractivity contribution in [2.24, 2.45) is 11.8 Å². The van der Waals surface area contributed by atoms with Gasteiger partial charge in [-0.15, -0.1) is 0 Å². The first-order chi connectivity index (χ1) is 17.1. The Labute approximate surface area is 213 Å². The van der Waals surface area contributed by atoms with Crippen LogP contribution in [0.3, 0.4) is 0 Å². The number of fused-ring (bicyclic) bond motifs is 3. The summed E-state index contributed by atoms with van der Waals surface area (Å²) in [5, 5.41) is 9.36. The Balaban J connectivity index is 1.48. The lowest BCUT2D eigenvalue weighted by atomic mass is 9.63. The molecule has 2 fully saturated rings. The Morgan fingerprint density at radius 3 is 2.42 bits per heavy atom. The van der Waals surface area contributed by atoms with Crippen LogP contribution in [0, 0.1) is 17.7 Å². The van der Waals surface area contributed by atoms with Crippen LogP contribution in [0.2, 0.25) is 0 Å². The van der Waals surface area contributed by atoms with Crippen LogP contribution in [-0.4, -0.2) is 34.5 Å². The second kappa shape index (κ2) is 9.32. The average molecular weight is 492 g/mol. The number of carbonyl (C=O) groups is 2. The standard InChI is InChI=1S/C31H38FNO3/c1-30(2,3)24-12-13-26-23(18-24)11-14-27-31(26,19-20-5-4-6-25(32)17-20)15-16-33(27)28(34)21-7-9-22(10-8-21)29(35)36/h4-6,12-13,17-18,21-22,27H,7-11,14-16,19H2,1-3H3,(H,35,36). The maximum Gasteiger partial charge on any atom is 0.306 e. The fraction of sp³-hybridized carbons (Fsp3) is 0.548. The van der Waals surface area contributed by atoms with Gasteiger partial charge in [-0.05, 0) is 91.2 Å². The minimum absolute atomic E-state index is 0.0636. The largest absolute Gasteiger partial charge is 0.481 e. The van der Waals surface area contributed by atoms with E-state index in [-0.39, 0.29) is 40.4 Å². The van der Waals surface area contributed by atoms with E-state index in [9.17, 15) is 19.1 Å². The summed E-state index contributed by atoms with van der Waals surface area (Å²) in [6, 6.07) is 13.9. The Bertz CT molecular complexity index is 1160. The van der Waals surface area contributed by atoms with Gasteiger partial charge in [0.1, 0.15) is 5.82 Å². The molecule has 192 valence electrons. The predicted molar refractivity (Wildman–Crippen MR) is 138 cm³/mol. The maximum absolute atomic E-state index is 14.2. The molecule has 1 saturated heterocycles. The van der Waals surface area contributed by atoms with Gasteiger partial charge < -0.3 is 10.0 Å². The lowest BCUT2D eigenvalue weighted by Gasteiger charge is -2.45. The summed E-state index contributed by atoms with van der Waals surface area (Å²) in [6.07, 6.45) is 5.90. The molecule has 5 heteroatoms. The van der Waals surface area contributed by atoms with Crippen molar-refractivity contribution in [1.82, 2.24) is 4.90 Å². The van der Waals surface area contributed by atoms with Gasteiger partial charge in [-0.1, -0.05) is 51.1 Å². The quantitative estimate of drug-likeness (QED) is 0.567. The number of carboxylic acid groups (broad SMARTS) is 1. The number of benzene rings is 2. The summed E-state index contributed by atoms with van der Waals surface area (Å²) in [5.74, 6) is -1.18. The molecule has 5 rings (SSSR count). The van der Waals surface area contributed by atoms with E-state index in [4.69, 9.17) is 0 Å². The smallest absolute Gasteiger partial charge is 0.306 e. The number of likely N-dealkylation sites (tertiary alicyclic amines) is 1. The van der Waals surface area contributed by atoms with E-state index in [2.05, 4.69) is 43.9 Å². The molecule has 0 aromatic heterocycles. The lowest BCUT2D eigenvalue weighted by Crippen LogP contribution is -2.50. The molecule has 0 radical (unpaired) electrons. The van der Waals surface area contributed by atoms with Crippen LogP contribution >= 0.6 is 0 Å². The van der Waals surface area contributed by atoms with Crippen molar-refractivity contribution in [3.63, 3.8) is 0 Å². The second-order valence-electron chi connectivity index (χ2n) is 12.3. The van der Waals surface area contributed by atoms with Crippen molar-refractivity contribution in [2.45, 2.75) is 89.0 Å². The van der Waals surface area contributed by atoms with Gasteiger partial charge in [0, 0.05) is 23.9 Å². The van der Waals surface area contributed by atoms with Crippen LogP contribution in [0.1, 0.15) is 81.5 Å². The lowest BCUT2D eigenvalue weighted by molar-refractivity contribution is -0.146. The van der Waals surface area contributed by atoms with Gasteiger partial charge in [0.2, 0.25) is 5.91 Å². The van der Waals surface area contributed by atoms with Gasteiger partial charge in [-0.25, -0.2) is 4.39 Å². The maximum atomic E-state index is 14.2. The highest BCUT2D eigenvalue weighted by Gasteiger charge is 2.53. The molecule has 4 nitrogen and oxygen atoms in total. The first-order valence-corrected chi connectivity index (χ1v) is 13.5. The second-order valence-corrected chi connectivity index (χ2v) is 12.3. The Morgan fingerprint density at radius 1 is 1.03 bits per heavy atom. The number of carboxylic acids is 1. The molecule has 1 amide bonds. The molecular weight excluding hydrogens is 453 g/mol. The van der Waals surface area contributed by atoms with Crippen LogP contribution in [0.15, 0.2) is 42.5 Å². The summed E-state index contributed by atoms with van der Waals surface area (Å²) in [4.78, 5) is 27.3. The molecule has 2 aromatic rings. The molecule has 2 unspecified atom stereocenters. The van der Waals surface area contributed by atoms with Crippen molar-refractivity contribution >= 4 is 11.9 Å². The fourth-order valence-electron chi connectivity index (χ4n) is 7.13. The molecule has 1 heterocycles. The molecule has 0 bridgehead atoms. The van der Waals surface area contributed by atoms with Crippen molar-refractivity contribution in [3.8, 4) is 0 Å². The third-order valence-corrected chi connectivity index (χ3v) is 9.13. The van der Waals surface area contributed by atoms with Crippen LogP contribution in [0.25, 0.3) is 0 Å². The molecule has 1 saturated carbocycles. The van der Waals surface area contributed by atoms with E-state index in [0.29, 0.717) is 38.6 Å². The Morgan fingerprint density at radius 2 is 1.75 bits per heavy atom. The van der Waals surface area contributed by atoms with E-state index in [0.717, 1.165) is 24.8 Å². The van der Waals surface area contributed by atoms with E-state index in [1.54, 1.807) is 12.1 Å². The number of rotatable bonds is 4. The van der Waals surface area contributed by atoms with E-state index < -0.39 is 5.97 Å². The number of halogens is 1. The fourth-order valence-corrected chi connectivity index (χ4v) is 7.13. The number of carbonyl (C=O) groups excluding carboxylic acids is 1. The monoisotopic (exact) mass is 491 g/mol. The number of aliphatic carboxylic acids is 1. The number of aryl methyl sites for hydroxylation is 1. The number of hydrogen-bond donors (Lipinski definition) is 1. The molecule has 3 aliphatic rings. The van der Waals surface area contributed by atoms with Gasteiger partial charge in [-0.3, -0.25) is 9.59 Å². The zero-order valence-electron chi connectivity index (χ0n) is 21.7. The third-order valence-electron chi connectivity index (χ3n) is 9.13. The zero-order chi connectivity index (χ0) is 25.7. The van der Waals surface area contributed by atoms with Gasteiger partial charge in [0.15, 0.2) is 0 Å². The topological polar surface area (TPSA) is 57.6 Å². The van der Waals surface area contributed by atoms with Crippen molar-refractivity contribution < 1.29 is 19.1 Å². The molecule has 2 atom stereocenters. The van der Waals surface area contributed by atoms with Gasteiger partial charge >= 0.3 is 5.97 Å². The zero-order valence-corrected chi connectivity index (χ0v) is 21.7. The van der Waals surface area contributed by atoms with E-state index in [1.807, 2.05) is 6.07 Å². The van der Waals surface area contributed by atoms with Crippen LogP contribution < -0.4 is 0 Å². The highest BCUT2D eigenvalue weighted by atomic mass is 19.1. The van der Waals surface area contributed by atoms with Crippen molar-refractivity contribution in [3.05, 3.63) is 70.5 Å². The van der Waals surface area contributed by atoms with E-state index >= 15 is 0 Å². The Hall–Kier alpha value is -2.69. The highest BCUT2D eigenvalue weighted by Crippen LogP contribution is 2.50. The summed E-state index contributed by atoms with van der Waals surface area (Å²) >= 11 is 0. The first-order valence-electron chi connectivity index (χ1n) is 13.5. The Kier molecular flexibility index (Phi) is 6.46. The first kappa shape index (κ1) is 25.0. The summed E-state index contributed by atoms with van der Waals surface area (Å²) in [6.45, 7) is 7.41. The molecule has 2 aliphatic carbocycles. The summed E-state index contributed by atoms with van der Waals surface area (Å²) in [5.41, 5.74) is 4.82. The third kappa shape index (κ3) is 4.46. The molecule has 36 heavy (non-hydrogen) atoms.